The second-order valence-electron chi connectivity index (χ2n) is 5.82. The van der Waals surface area contributed by atoms with Gasteiger partial charge in [0.25, 0.3) is 5.91 Å². The number of carbonyl (C=O) groups is 2. The number of benzene rings is 3. The molecule has 26 heavy (non-hydrogen) atoms. The topological polar surface area (TPSA) is 66.4 Å². The van der Waals surface area contributed by atoms with Gasteiger partial charge in [0.1, 0.15) is 5.82 Å². The monoisotopic (exact) mass is 349 g/mol. The van der Waals surface area contributed by atoms with E-state index >= 15 is 0 Å². The van der Waals surface area contributed by atoms with Crippen molar-refractivity contribution in [1.29, 1.82) is 0 Å². The van der Waals surface area contributed by atoms with E-state index in [0.29, 0.717) is 16.8 Å². The molecule has 0 aliphatic carbocycles. The first-order chi connectivity index (χ1) is 12.5. The first-order valence-electron chi connectivity index (χ1n) is 7.99. The Balaban J connectivity index is 1.84. The molecule has 0 heterocycles. The van der Waals surface area contributed by atoms with Crippen LogP contribution in [-0.4, -0.2) is 17.0 Å². The lowest BCUT2D eigenvalue weighted by Gasteiger charge is -2.09. The Morgan fingerprint density at radius 1 is 0.885 bits per heavy atom. The summed E-state index contributed by atoms with van der Waals surface area (Å²) in [6.45, 7) is 0. The predicted octanol–water partition coefficient (Wildman–Crippen LogP) is 4.37. The standard InChI is InChI=1S/C21H16FNO3/c22-18-12-16(15-6-2-1-3-7-15)11-17(13-18)21(26)23-19-8-4-5-14(9-19)10-20(24)25/h1-9,11-13H,10H2,(H,23,26)(H,24,25). The molecule has 0 bridgehead atoms. The van der Waals surface area contributed by atoms with Crippen LogP contribution >= 0.6 is 0 Å². The second kappa shape index (κ2) is 7.61. The number of nitrogens with one attached hydrogen (secondary N) is 1. The van der Waals surface area contributed by atoms with E-state index in [0.717, 1.165) is 5.56 Å². The van der Waals surface area contributed by atoms with Gasteiger partial charge in [-0.05, 0) is 47.0 Å². The van der Waals surface area contributed by atoms with Gasteiger partial charge in [-0.3, -0.25) is 9.59 Å². The summed E-state index contributed by atoms with van der Waals surface area (Å²) < 4.78 is 14.0. The maximum atomic E-state index is 14.0. The van der Waals surface area contributed by atoms with Crippen LogP contribution in [0.1, 0.15) is 15.9 Å². The quantitative estimate of drug-likeness (QED) is 0.719. The Bertz CT molecular complexity index is 954. The molecular formula is C21H16FNO3. The Hall–Kier alpha value is -3.47. The Morgan fingerprint density at radius 2 is 1.65 bits per heavy atom. The van der Waals surface area contributed by atoms with Crippen LogP contribution in [0.4, 0.5) is 10.1 Å². The molecule has 0 aliphatic rings. The molecule has 0 saturated carbocycles. The van der Waals surface area contributed by atoms with E-state index in [9.17, 15) is 14.0 Å². The first kappa shape index (κ1) is 17.4. The van der Waals surface area contributed by atoms with Crippen molar-refractivity contribution in [2.45, 2.75) is 6.42 Å². The summed E-state index contributed by atoms with van der Waals surface area (Å²) in [5.41, 5.74) is 2.63. The van der Waals surface area contributed by atoms with Crippen molar-refractivity contribution in [2.75, 3.05) is 5.32 Å². The number of aliphatic carboxylic acids is 1. The summed E-state index contributed by atoms with van der Waals surface area (Å²) in [5, 5.41) is 11.5. The van der Waals surface area contributed by atoms with Crippen LogP contribution in [0.5, 0.6) is 0 Å². The zero-order chi connectivity index (χ0) is 18.5. The Labute approximate surface area is 149 Å². The van der Waals surface area contributed by atoms with Crippen molar-refractivity contribution < 1.29 is 19.1 Å². The summed E-state index contributed by atoms with van der Waals surface area (Å²) in [4.78, 5) is 23.3. The summed E-state index contributed by atoms with van der Waals surface area (Å²) in [7, 11) is 0. The van der Waals surface area contributed by atoms with Crippen LogP contribution in [0.2, 0.25) is 0 Å². The molecule has 130 valence electrons. The lowest BCUT2D eigenvalue weighted by atomic mass is 10.0. The van der Waals surface area contributed by atoms with Crippen molar-refractivity contribution >= 4 is 17.6 Å². The minimum atomic E-state index is -0.953. The summed E-state index contributed by atoms with van der Waals surface area (Å²) in [6.07, 6.45) is -0.137. The third-order valence-electron chi connectivity index (χ3n) is 3.81. The highest BCUT2D eigenvalue weighted by molar-refractivity contribution is 6.05. The number of hydrogen-bond donors (Lipinski definition) is 2. The summed E-state index contributed by atoms with van der Waals surface area (Å²) in [5.74, 6) is -1.92. The van der Waals surface area contributed by atoms with Crippen LogP contribution in [0.3, 0.4) is 0 Å². The van der Waals surface area contributed by atoms with Crippen molar-refractivity contribution in [3.8, 4) is 11.1 Å². The maximum Gasteiger partial charge on any atom is 0.307 e. The van der Waals surface area contributed by atoms with Gasteiger partial charge in [0, 0.05) is 11.3 Å². The van der Waals surface area contributed by atoms with Gasteiger partial charge in [0.05, 0.1) is 6.42 Å². The molecule has 0 aromatic heterocycles. The number of amides is 1. The molecule has 3 aromatic carbocycles. The van der Waals surface area contributed by atoms with Gasteiger partial charge in [-0.1, -0.05) is 42.5 Å². The van der Waals surface area contributed by atoms with E-state index in [4.69, 9.17) is 5.11 Å². The molecule has 0 saturated heterocycles. The van der Waals surface area contributed by atoms with E-state index in [1.54, 1.807) is 30.3 Å². The number of carboxylic acid groups (broad SMARTS) is 1. The van der Waals surface area contributed by atoms with Gasteiger partial charge in [-0.25, -0.2) is 4.39 Å². The number of anilines is 1. The molecule has 0 atom stereocenters. The van der Waals surface area contributed by atoms with Crippen LogP contribution in [0.25, 0.3) is 11.1 Å². The smallest absolute Gasteiger partial charge is 0.307 e. The Morgan fingerprint density at radius 3 is 2.38 bits per heavy atom. The van der Waals surface area contributed by atoms with Gasteiger partial charge in [0.2, 0.25) is 0 Å². The molecule has 2 N–H and O–H groups in total. The van der Waals surface area contributed by atoms with E-state index in [1.807, 2.05) is 30.3 Å². The van der Waals surface area contributed by atoms with Gasteiger partial charge in [0.15, 0.2) is 0 Å². The van der Waals surface area contributed by atoms with Crippen LogP contribution in [0, 0.1) is 5.82 Å². The van der Waals surface area contributed by atoms with Crippen molar-refractivity contribution in [2.24, 2.45) is 0 Å². The van der Waals surface area contributed by atoms with Crippen LogP contribution in [0.15, 0.2) is 72.8 Å². The zero-order valence-corrected chi connectivity index (χ0v) is 13.8. The Kier molecular flexibility index (Phi) is 5.08. The van der Waals surface area contributed by atoms with E-state index < -0.39 is 17.7 Å². The number of halogens is 1. The number of carbonyl (C=O) groups excluding carboxylic acids is 1. The molecule has 3 rings (SSSR count). The van der Waals surface area contributed by atoms with Crippen LogP contribution < -0.4 is 5.32 Å². The second-order valence-corrected chi connectivity index (χ2v) is 5.82. The minimum absolute atomic E-state index is 0.137. The molecule has 0 radical (unpaired) electrons. The molecule has 1 amide bonds. The van der Waals surface area contributed by atoms with E-state index in [2.05, 4.69) is 5.32 Å². The molecular weight excluding hydrogens is 333 g/mol. The van der Waals surface area contributed by atoms with E-state index in [1.165, 1.54) is 12.1 Å². The van der Waals surface area contributed by atoms with Crippen molar-refractivity contribution in [3.63, 3.8) is 0 Å². The van der Waals surface area contributed by atoms with Gasteiger partial charge in [-0.2, -0.15) is 0 Å². The molecule has 0 unspecified atom stereocenters. The highest BCUT2D eigenvalue weighted by Crippen LogP contribution is 2.22. The zero-order valence-electron chi connectivity index (χ0n) is 13.8. The van der Waals surface area contributed by atoms with Crippen molar-refractivity contribution in [3.05, 3.63) is 89.7 Å². The highest BCUT2D eigenvalue weighted by atomic mass is 19.1. The summed E-state index contributed by atoms with van der Waals surface area (Å²) >= 11 is 0. The lowest BCUT2D eigenvalue weighted by Crippen LogP contribution is -2.12. The number of carboxylic acids is 1. The predicted molar refractivity (Wildman–Crippen MR) is 97.6 cm³/mol. The molecule has 0 spiro atoms. The maximum absolute atomic E-state index is 14.0. The van der Waals surface area contributed by atoms with Crippen LogP contribution in [-0.2, 0) is 11.2 Å². The molecule has 4 nitrogen and oxygen atoms in total. The fourth-order valence-electron chi connectivity index (χ4n) is 2.65. The highest BCUT2D eigenvalue weighted by Gasteiger charge is 2.11. The molecule has 3 aromatic rings. The average molecular weight is 349 g/mol. The molecule has 0 aliphatic heterocycles. The summed E-state index contributed by atoms with van der Waals surface area (Å²) in [6, 6.07) is 20.0. The fraction of sp³-hybridized carbons (Fsp3) is 0.0476. The third kappa shape index (κ3) is 4.33. The number of hydrogen-bond acceptors (Lipinski definition) is 2. The lowest BCUT2D eigenvalue weighted by molar-refractivity contribution is -0.136. The average Bonchev–Trinajstić information content (AvgIpc) is 2.61. The van der Waals surface area contributed by atoms with Gasteiger partial charge < -0.3 is 10.4 Å². The van der Waals surface area contributed by atoms with Gasteiger partial charge >= 0.3 is 5.97 Å². The van der Waals surface area contributed by atoms with Crippen molar-refractivity contribution in [1.82, 2.24) is 0 Å². The minimum Gasteiger partial charge on any atom is -0.481 e. The molecule has 5 heteroatoms. The largest absolute Gasteiger partial charge is 0.481 e. The first-order valence-corrected chi connectivity index (χ1v) is 7.99. The number of rotatable bonds is 5. The normalized spacial score (nSPS) is 10.3. The fourth-order valence-corrected chi connectivity index (χ4v) is 2.65. The molecule has 0 fully saturated rings. The SMILES string of the molecule is O=C(O)Cc1cccc(NC(=O)c2cc(F)cc(-c3ccccc3)c2)c1. The van der Waals surface area contributed by atoms with Gasteiger partial charge in [-0.15, -0.1) is 0 Å². The van der Waals surface area contributed by atoms with E-state index in [-0.39, 0.29) is 12.0 Å². The third-order valence-corrected chi connectivity index (χ3v) is 3.81.